The van der Waals surface area contributed by atoms with E-state index in [0.29, 0.717) is 59.4 Å². The van der Waals surface area contributed by atoms with Gasteiger partial charge in [0.2, 0.25) is 11.8 Å². The second-order valence-corrected chi connectivity index (χ2v) is 13.6. The van der Waals surface area contributed by atoms with Crippen LogP contribution in [0.3, 0.4) is 0 Å². The van der Waals surface area contributed by atoms with Crippen LogP contribution in [0.2, 0.25) is 5.02 Å². The molecule has 1 aromatic carbocycles. The molecular weight excluding hydrogens is 644 g/mol. The number of carbonyl (C=O) groups excluding carboxylic acids is 4. The first kappa shape index (κ1) is 38.4. The summed E-state index contributed by atoms with van der Waals surface area (Å²) in [6.45, 7) is 7.68. The molecule has 47 heavy (non-hydrogen) atoms. The summed E-state index contributed by atoms with van der Waals surface area (Å²) < 4.78 is 26.6. The number of hydrogen-bond donors (Lipinski definition) is 1. The average Bonchev–Trinajstić information content (AvgIpc) is 3.06. The second kappa shape index (κ2) is 19.1. The van der Waals surface area contributed by atoms with E-state index in [-0.39, 0.29) is 70.5 Å². The monoisotopic (exact) mass is 691 g/mol. The SMILES string of the molecule is C=CCP/C=C(\C/C=C\C)C(=O)Nc1cc(F)c(CC(=O)N2CC(N(C)C(C)=O)CCC2COC2CCC(C(=O)OC)CC2)cc1Cl. The maximum Gasteiger partial charge on any atom is 0.308 e. The van der Waals surface area contributed by atoms with E-state index in [2.05, 4.69) is 11.9 Å². The fourth-order valence-electron chi connectivity index (χ4n) is 5.95. The Morgan fingerprint density at radius 2 is 1.89 bits per heavy atom. The Kier molecular flexibility index (Phi) is 15.6. The molecule has 9 nitrogen and oxygen atoms in total. The second-order valence-electron chi connectivity index (χ2n) is 12.1. The van der Waals surface area contributed by atoms with Gasteiger partial charge in [-0.3, -0.25) is 19.2 Å². The predicted octanol–water partition coefficient (Wildman–Crippen LogP) is 6.26. The van der Waals surface area contributed by atoms with E-state index in [4.69, 9.17) is 21.1 Å². The number of allylic oxidation sites excluding steroid dienone is 3. The molecule has 1 aromatic rings. The van der Waals surface area contributed by atoms with Crippen LogP contribution in [0.1, 0.15) is 64.4 Å². The first-order valence-electron chi connectivity index (χ1n) is 16.1. The van der Waals surface area contributed by atoms with Gasteiger partial charge in [0.15, 0.2) is 0 Å². The Morgan fingerprint density at radius 1 is 1.17 bits per heavy atom. The number of carbonyl (C=O) groups is 4. The van der Waals surface area contributed by atoms with Crippen molar-refractivity contribution in [3.63, 3.8) is 0 Å². The van der Waals surface area contributed by atoms with Crippen LogP contribution in [0.25, 0.3) is 0 Å². The van der Waals surface area contributed by atoms with Gasteiger partial charge in [0.05, 0.1) is 48.9 Å². The van der Waals surface area contributed by atoms with Crippen LogP contribution in [-0.2, 0) is 35.1 Å². The minimum Gasteiger partial charge on any atom is -0.469 e. The third kappa shape index (κ3) is 11.3. The summed E-state index contributed by atoms with van der Waals surface area (Å²) in [5.74, 6) is 0.117. The van der Waals surface area contributed by atoms with Gasteiger partial charge in [-0.2, -0.15) is 0 Å². The lowest BCUT2D eigenvalue weighted by Gasteiger charge is -2.43. The number of anilines is 1. The number of hydrogen-bond acceptors (Lipinski definition) is 6. The molecule has 0 radical (unpaired) electrons. The van der Waals surface area contributed by atoms with Crippen LogP contribution in [-0.4, -0.2) is 85.1 Å². The number of halogens is 2. The summed E-state index contributed by atoms with van der Waals surface area (Å²) in [4.78, 5) is 54.2. The molecule has 3 amide bonds. The molecule has 258 valence electrons. The first-order chi connectivity index (χ1) is 22.5. The molecule has 3 unspecified atom stereocenters. The number of nitrogens with zero attached hydrogens (tertiary/aromatic N) is 2. The maximum absolute atomic E-state index is 15.4. The number of rotatable bonds is 14. The number of piperidine rings is 1. The molecule has 2 fully saturated rings. The van der Waals surface area contributed by atoms with Gasteiger partial charge in [0.1, 0.15) is 5.82 Å². The van der Waals surface area contributed by atoms with E-state index in [1.807, 2.05) is 24.9 Å². The zero-order chi connectivity index (χ0) is 34.5. The van der Waals surface area contributed by atoms with Gasteiger partial charge in [-0.25, -0.2) is 4.39 Å². The Balaban J connectivity index is 1.72. The molecule has 2 aliphatic rings. The smallest absolute Gasteiger partial charge is 0.308 e. The lowest BCUT2D eigenvalue weighted by Crippen LogP contribution is -2.55. The molecule has 1 N–H and O–H groups in total. The Morgan fingerprint density at radius 3 is 2.53 bits per heavy atom. The molecular formula is C35H48ClFN3O6P. The number of ether oxygens (including phenoxy) is 2. The van der Waals surface area contributed by atoms with E-state index >= 15 is 4.39 Å². The maximum atomic E-state index is 15.4. The van der Waals surface area contributed by atoms with Crippen molar-refractivity contribution in [2.45, 2.75) is 83.4 Å². The Labute approximate surface area is 284 Å². The Bertz CT molecular complexity index is 1350. The van der Waals surface area contributed by atoms with Gasteiger partial charge in [-0.15, -0.1) is 6.58 Å². The molecule has 1 saturated heterocycles. The van der Waals surface area contributed by atoms with Crippen molar-refractivity contribution >= 4 is 49.6 Å². The predicted molar refractivity (Wildman–Crippen MR) is 185 cm³/mol. The average molecular weight is 692 g/mol. The van der Waals surface area contributed by atoms with Gasteiger partial charge in [-0.1, -0.05) is 44.2 Å². The molecule has 1 aliphatic heterocycles. The van der Waals surface area contributed by atoms with E-state index in [1.54, 1.807) is 22.9 Å². The highest BCUT2D eigenvalue weighted by Gasteiger charge is 2.36. The van der Waals surface area contributed by atoms with Gasteiger partial charge >= 0.3 is 5.97 Å². The van der Waals surface area contributed by atoms with Crippen LogP contribution in [0.4, 0.5) is 10.1 Å². The first-order valence-corrected chi connectivity index (χ1v) is 17.8. The van der Waals surface area contributed by atoms with E-state index in [1.165, 1.54) is 20.1 Å². The number of benzene rings is 1. The van der Waals surface area contributed by atoms with Gasteiger partial charge in [0.25, 0.3) is 5.91 Å². The molecule has 0 bridgehead atoms. The van der Waals surface area contributed by atoms with Gasteiger partial charge in [-0.05, 0) is 75.7 Å². The van der Waals surface area contributed by atoms with E-state index in [9.17, 15) is 19.2 Å². The number of methoxy groups -OCH3 is 1. The highest BCUT2D eigenvalue weighted by atomic mass is 35.5. The molecule has 3 atom stereocenters. The number of likely N-dealkylation sites (tertiary alicyclic amines) is 1. The largest absolute Gasteiger partial charge is 0.469 e. The summed E-state index contributed by atoms with van der Waals surface area (Å²) in [5.41, 5.74) is 0.773. The molecule has 1 heterocycles. The van der Waals surface area contributed by atoms with Gasteiger partial charge in [0, 0.05) is 32.1 Å². The molecule has 0 aromatic heterocycles. The van der Waals surface area contributed by atoms with E-state index in [0.717, 1.165) is 25.1 Å². The van der Waals surface area contributed by atoms with E-state index < -0.39 is 5.82 Å². The summed E-state index contributed by atoms with van der Waals surface area (Å²) >= 11 is 6.51. The summed E-state index contributed by atoms with van der Waals surface area (Å²) in [6, 6.07) is 2.11. The third-order valence-electron chi connectivity index (χ3n) is 8.91. The van der Waals surface area contributed by atoms with Crippen molar-refractivity contribution in [1.29, 1.82) is 0 Å². The van der Waals surface area contributed by atoms with Crippen molar-refractivity contribution in [3.05, 3.63) is 64.7 Å². The fourth-order valence-corrected chi connectivity index (χ4v) is 6.97. The minimum atomic E-state index is -0.657. The van der Waals surface area contributed by atoms with Crippen LogP contribution in [0, 0.1) is 11.7 Å². The van der Waals surface area contributed by atoms with Crippen LogP contribution < -0.4 is 5.32 Å². The molecule has 0 spiro atoms. The van der Waals surface area contributed by atoms with Crippen LogP contribution in [0.5, 0.6) is 0 Å². The van der Waals surface area contributed by atoms with Crippen molar-refractivity contribution in [3.8, 4) is 0 Å². The molecule has 1 saturated carbocycles. The number of likely N-dealkylation sites (N-methyl/N-ethyl adjacent to an activating group) is 1. The highest BCUT2D eigenvalue weighted by Crippen LogP contribution is 2.31. The molecule has 1 aliphatic carbocycles. The standard InChI is InChI=1S/C35H48ClFN3O6P/c1-6-8-9-25(22-47-16-7-2)34(43)38-32-19-31(37)26(17-30(32)36)18-33(42)40-20-27(39(4)23(3)41)12-13-28(40)21-46-29-14-10-24(11-15-29)35(44)45-5/h6-8,17,19,22,24,27-29,47H,2,9-16,18,20-21H2,1,3-5H3,(H,38,43)/b8-6-,25-22+. The number of nitrogens with one attached hydrogen (secondary N) is 1. The normalized spacial score (nSPS) is 22.0. The number of esters is 1. The van der Waals surface area contributed by atoms with Crippen molar-refractivity contribution in [1.82, 2.24) is 9.80 Å². The van der Waals surface area contributed by atoms with Crippen molar-refractivity contribution < 1.29 is 33.0 Å². The van der Waals surface area contributed by atoms with Crippen LogP contribution >= 0.6 is 20.2 Å². The van der Waals surface area contributed by atoms with Crippen molar-refractivity contribution in [2.24, 2.45) is 5.92 Å². The molecule has 3 rings (SSSR count). The number of amides is 3. The fraction of sp³-hybridized carbons (Fsp3) is 0.543. The lowest BCUT2D eigenvalue weighted by molar-refractivity contribution is -0.148. The highest BCUT2D eigenvalue weighted by molar-refractivity contribution is 7.42. The van der Waals surface area contributed by atoms with Crippen molar-refractivity contribution in [2.75, 3.05) is 38.8 Å². The lowest BCUT2D eigenvalue weighted by atomic mass is 9.87. The van der Waals surface area contributed by atoms with Gasteiger partial charge < -0.3 is 24.6 Å². The summed E-state index contributed by atoms with van der Waals surface area (Å²) in [7, 11) is 3.51. The zero-order valence-electron chi connectivity index (χ0n) is 27.9. The summed E-state index contributed by atoms with van der Waals surface area (Å²) in [5, 5.41) is 2.84. The third-order valence-corrected chi connectivity index (χ3v) is 10.3. The summed E-state index contributed by atoms with van der Waals surface area (Å²) in [6.07, 6.45) is 10.6. The topological polar surface area (TPSA) is 105 Å². The Hall–Kier alpha value is -3.07. The van der Waals surface area contributed by atoms with Crippen LogP contribution in [0.15, 0.2) is 48.3 Å². The zero-order valence-corrected chi connectivity index (χ0v) is 29.6. The quantitative estimate of drug-likeness (QED) is 0.0812. The molecule has 12 heteroatoms. The minimum absolute atomic E-state index is 0.0275.